The molecule has 0 radical (unpaired) electrons. The number of phenolic OH excluding ortho intramolecular Hbond substituents is 1. The number of carbonyl (C=O) groups excluding carboxylic acids is 1. The minimum Gasteiger partial charge on any atom is -0.508 e. The molecule has 144 valence electrons. The summed E-state index contributed by atoms with van der Waals surface area (Å²) < 4.78 is 11.4. The van der Waals surface area contributed by atoms with Crippen molar-refractivity contribution in [3.05, 3.63) is 53.6 Å². The average Bonchev–Trinajstić information content (AvgIpc) is 2.88. The van der Waals surface area contributed by atoms with Crippen LogP contribution in [0.2, 0.25) is 0 Å². The van der Waals surface area contributed by atoms with E-state index in [9.17, 15) is 9.90 Å². The van der Waals surface area contributed by atoms with E-state index in [2.05, 4.69) is 10.6 Å². The van der Waals surface area contributed by atoms with Crippen molar-refractivity contribution in [2.24, 2.45) is 0 Å². The standard InChI is InChI=1S/C21H26N2O4/c1-14(12-16-4-7-18(24)8-5-16)22-21(25)23-15(2)17-6-9-19-20(13-17)27-11-3-10-26-19/h4-9,13-15,24H,3,10-12H2,1-2H3,(H2,22,23,25). The molecule has 0 fully saturated rings. The summed E-state index contributed by atoms with van der Waals surface area (Å²) in [5.41, 5.74) is 2.01. The lowest BCUT2D eigenvalue weighted by atomic mass is 10.1. The molecule has 0 saturated heterocycles. The molecule has 1 aliphatic rings. The number of ether oxygens (including phenoxy) is 2. The molecule has 2 atom stereocenters. The largest absolute Gasteiger partial charge is 0.508 e. The Balaban J connectivity index is 1.54. The van der Waals surface area contributed by atoms with Crippen LogP contribution in [-0.2, 0) is 6.42 Å². The van der Waals surface area contributed by atoms with Crippen molar-refractivity contribution in [1.82, 2.24) is 10.6 Å². The monoisotopic (exact) mass is 370 g/mol. The van der Waals surface area contributed by atoms with Gasteiger partial charge >= 0.3 is 6.03 Å². The Hall–Kier alpha value is -2.89. The van der Waals surface area contributed by atoms with E-state index < -0.39 is 0 Å². The summed E-state index contributed by atoms with van der Waals surface area (Å²) in [5.74, 6) is 1.70. The molecule has 1 heterocycles. The normalized spacial score (nSPS) is 15.3. The number of carbonyl (C=O) groups is 1. The number of benzene rings is 2. The number of urea groups is 1. The number of hydrogen-bond donors (Lipinski definition) is 3. The average molecular weight is 370 g/mol. The Morgan fingerprint density at radius 2 is 1.74 bits per heavy atom. The van der Waals surface area contributed by atoms with Gasteiger partial charge in [0.15, 0.2) is 11.5 Å². The van der Waals surface area contributed by atoms with Crippen molar-refractivity contribution in [3.63, 3.8) is 0 Å². The first-order valence-electron chi connectivity index (χ1n) is 9.26. The number of amides is 2. The number of hydrogen-bond acceptors (Lipinski definition) is 4. The van der Waals surface area contributed by atoms with Gasteiger partial charge in [-0.25, -0.2) is 4.79 Å². The van der Waals surface area contributed by atoms with Crippen LogP contribution in [-0.4, -0.2) is 30.4 Å². The van der Waals surface area contributed by atoms with Crippen molar-refractivity contribution in [2.75, 3.05) is 13.2 Å². The molecule has 3 N–H and O–H groups in total. The number of aromatic hydroxyl groups is 1. The Kier molecular flexibility index (Phi) is 6.06. The van der Waals surface area contributed by atoms with Gasteiger partial charge in [-0.1, -0.05) is 18.2 Å². The van der Waals surface area contributed by atoms with Gasteiger partial charge in [-0.05, 0) is 55.7 Å². The lowest BCUT2D eigenvalue weighted by Crippen LogP contribution is -2.42. The molecule has 6 nitrogen and oxygen atoms in total. The van der Waals surface area contributed by atoms with E-state index in [1.807, 2.05) is 44.2 Å². The molecule has 2 unspecified atom stereocenters. The molecule has 0 saturated carbocycles. The van der Waals surface area contributed by atoms with E-state index >= 15 is 0 Å². The number of phenols is 1. The molecule has 0 aliphatic carbocycles. The summed E-state index contributed by atoms with van der Waals surface area (Å²) in [7, 11) is 0. The molecule has 0 bridgehead atoms. The number of rotatable bonds is 5. The summed E-state index contributed by atoms with van der Waals surface area (Å²) in [6, 6.07) is 12.3. The van der Waals surface area contributed by atoms with Gasteiger partial charge in [0, 0.05) is 12.5 Å². The summed E-state index contributed by atoms with van der Waals surface area (Å²) in [5, 5.41) is 15.2. The third kappa shape index (κ3) is 5.29. The van der Waals surface area contributed by atoms with Crippen molar-refractivity contribution in [2.45, 2.75) is 38.8 Å². The van der Waals surface area contributed by atoms with Crippen LogP contribution in [0.3, 0.4) is 0 Å². The van der Waals surface area contributed by atoms with Crippen LogP contribution in [0.15, 0.2) is 42.5 Å². The first kappa shape index (κ1) is 18.9. The predicted molar refractivity (Wildman–Crippen MR) is 103 cm³/mol. The van der Waals surface area contributed by atoms with Crippen LogP contribution >= 0.6 is 0 Å². The third-order valence-electron chi connectivity index (χ3n) is 4.47. The second-order valence-corrected chi connectivity index (χ2v) is 6.87. The van der Waals surface area contributed by atoms with Crippen molar-refractivity contribution < 1.29 is 19.4 Å². The van der Waals surface area contributed by atoms with E-state index in [0.717, 1.165) is 29.0 Å². The van der Waals surface area contributed by atoms with Gasteiger partial charge in [0.2, 0.25) is 0 Å². The lowest BCUT2D eigenvalue weighted by Gasteiger charge is -2.19. The van der Waals surface area contributed by atoms with Gasteiger partial charge < -0.3 is 25.2 Å². The molecule has 3 rings (SSSR count). The maximum absolute atomic E-state index is 12.3. The molecule has 6 heteroatoms. The number of fused-ring (bicyclic) bond motifs is 1. The molecule has 2 amide bonds. The van der Waals surface area contributed by atoms with Gasteiger partial charge in [-0.15, -0.1) is 0 Å². The second kappa shape index (κ2) is 8.66. The summed E-state index contributed by atoms with van der Waals surface area (Å²) in [4.78, 5) is 12.3. The smallest absolute Gasteiger partial charge is 0.315 e. The van der Waals surface area contributed by atoms with Gasteiger partial charge in [0.05, 0.1) is 19.3 Å². The molecule has 27 heavy (non-hydrogen) atoms. The molecule has 0 spiro atoms. The van der Waals surface area contributed by atoms with Gasteiger partial charge in [-0.2, -0.15) is 0 Å². The molecule has 2 aromatic rings. The quantitative estimate of drug-likeness (QED) is 0.752. The van der Waals surface area contributed by atoms with Crippen LogP contribution in [0.25, 0.3) is 0 Å². The van der Waals surface area contributed by atoms with Crippen molar-refractivity contribution in [1.29, 1.82) is 0 Å². The van der Waals surface area contributed by atoms with E-state index in [4.69, 9.17) is 9.47 Å². The lowest BCUT2D eigenvalue weighted by molar-refractivity contribution is 0.234. The molecule has 2 aromatic carbocycles. The second-order valence-electron chi connectivity index (χ2n) is 6.87. The van der Waals surface area contributed by atoms with E-state index in [1.54, 1.807) is 12.1 Å². The fraction of sp³-hybridized carbons (Fsp3) is 0.381. The van der Waals surface area contributed by atoms with Crippen LogP contribution < -0.4 is 20.1 Å². The van der Waals surface area contributed by atoms with Gasteiger partial charge in [0.1, 0.15) is 5.75 Å². The summed E-state index contributed by atoms with van der Waals surface area (Å²) >= 11 is 0. The fourth-order valence-electron chi connectivity index (χ4n) is 3.03. The van der Waals surface area contributed by atoms with Crippen LogP contribution in [0.4, 0.5) is 4.79 Å². The maximum Gasteiger partial charge on any atom is 0.315 e. The summed E-state index contributed by atoms with van der Waals surface area (Å²) in [6.07, 6.45) is 1.55. The molecular formula is C21H26N2O4. The summed E-state index contributed by atoms with van der Waals surface area (Å²) in [6.45, 7) is 5.17. The highest BCUT2D eigenvalue weighted by Crippen LogP contribution is 2.32. The number of nitrogens with one attached hydrogen (secondary N) is 2. The van der Waals surface area contributed by atoms with Crippen LogP contribution in [0, 0.1) is 0 Å². The first-order chi connectivity index (χ1) is 13.0. The highest BCUT2D eigenvalue weighted by molar-refractivity contribution is 5.74. The van der Waals surface area contributed by atoms with Crippen LogP contribution in [0.5, 0.6) is 17.2 Å². The van der Waals surface area contributed by atoms with Gasteiger partial charge in [-0.3, -0.25) is 0 Å². The third-order valence-corrected chi connectivity index (χ3v) is 4.47. The van der Waals surface area contributed by atoms with E-state index in [0.29, 0.717) is 19.6 Å². The zero-order chi connectivity index (χ0) is 19.2. The minimum atomic E-state index is -0.221. The first-order valence-corrected chi connectivity index (χ1v) is 9.26. The SMILES string of the molecule is CC(Cc1ccc(O)cc1)NC(=O)NC(C)c1ccc2c(c1)OCCCO2. The van der Waals surface area contributed by atoms with E-state index in [-0.39, 0.29) is 23.9 Å². The topological polar surface area (TPSA) is 79.8 Å². The Morgan fingerprint density at radius 3 is 2.48 bits per heavy atom. The van der Waals surface area contributed by atoms with Gasteiger partial charge in [0.25, 0.3) is 0 Å². The highest BCUT2D eigenvalue weighted by Gasteiger charge is 2.16. The molecular weight excluding hydrogens is 344 g/mol. The maximum atomic E-state index is 12.3. The Labute approximate surface area is 159 Å². The zero-order valence-electron chi connectivity index (χ0n) is 15.7. The van der Waals surface area contributed by atoms with E-state index in [1.165, 1.54) is 0 Å². The zero-order valence-corrected chi connectivity index (χ0v) is 15.7. The highest BCUT2D eigenvalue weighted by atomic mass is 16.5. The minimum absolute atomic E-state index is 0.0366. The van der Waals surface area contributed by atoms with Crippen LogP contribution in [0.1, 0.15) is 37.4 Å². The fourth-order valence-corrected chi connectivity index (χ4v) is 3.03. The Bertz CT molecular complexity index is 776. The van der Waals surface area contributed by atoms with Crippen molar-refractivity contribution in [3.8, 4) is 17.2 Å². The predicted octanol–water partition coefficient (Wildman–Crippen LogP) is 3.54. The van der Waals surface area contributed by atoms with Crippen molar-refractivity contribution >= 4 is 6.03 Å². The molecule has 1 aliphatic heterocycles. The molecule has 0 aromatic heterocycles. The Morgan fingerprint density at radius 1 is 1.04 bits per heavy atom.